The number of methoxy groups -OCH3 is 1. The molecule has 0 fully saturated rings. The Morgan fingerprint density at radius 3 is 2.65 bits per heavy atom. The zero-order valence-corrected chi connectivity index (χ0v) is 15.3. The van der Waals surface area contributed by atoms with E-state index in [9.17, 15) is 4.79 Å². The zero-order chi connectivity index (χ0) is 18.7. The molecule has 0 radical (unpaired) electrons. The standard InChI is InChI=1S/C18H22N4O4/c1-5-25-13-8-7-12(9-14(13)26-6-2)16-15(17(23)24-4)11(3)21-18-19-10-20-22(16)18/h7-10,16H,5-6H2,1-4H3,(H,19,20,21). The first-order valence-electron chi connectivity index (χ1n) is 8.45. The second-order valence-electron chi connectivity index (χ2n) is 5.66. The number of aromatic nitrogens is 3. The lowest BCUT2D eigenvalue weighted by Crippen LogP contribution is -2.29. The number of allylic oxidation sites excluding steroid dienone is 1. The molecule has 0 saturated heterocycles. The summed E-state index contributed by atoms with van der Waals surface area (Å²) in [5.41, 5.74) is 1.97. The lowest BCUT2D eigenvalue weighted by atomic mass is 9.95. The molecule has 8 nitrogen and oxygen atoms in total. The molecule has 0 aliphatic carbocycles. The summed E-state index contributed by atoms with van der Waals surface area (Å²) in [5.74, 6) is 1.42. The Labute approximate surface area is 151 Å². The second kappa shape index (κ2) is 7.47. The Kier molecular flexibility index (Phi) is 5.11. The lowest BCUT2D eigenvalue weighted by molar-refractivity contribution is -0.136. The van der Waals surface area contributed by atoms with Crippen molar-refractivity contribution in [2.45, 2.75) is 26.8 Å². The van der Waals surface area contributed by atoms with Gasteiger partial charge in [0.05, 0.1) is 25.9 Å². The van der Waals surface area contributed by atoms with Gasteiger partial charge in [-0.3, -0.25) is 0 Å². The number of hydrogen-bond donors (Lipinski definition) is 1. The molecular formula is C18H22N4O4. The maximum atomic E-state index is 12.4. The highest BCUT2D eigenvalue weighted by atomic mass is 16.5. The van der Waals surface area contributed by atoms with Crippen molar-refractivity contribution < 1.29 is 19.0 Å². The highest BCUT2D eigenvalue weighted by molar-refractivity contribution is 5.92. The summed E-state index contributed by atoms with van der Waals surface area (Å²) in [5, 5.41) is 7.37. The minimum atomic E-state index is -0.476. The van der Waals surface area contributed by atoms with Crippen molar-refractivity contribution in [2.24, 2.45) is 0 Å². The van der Waals surface area contributed by atoms with Crippen LogP contribution < -0.4 is 14.8 Å². The van der Waals surface area contributed by atoms with Crippen LogP contribution in [0.3, 0.4) is 0 Å². The van der Waals surface area contributed by atoms with E-state index in [0.29, 0.717) is 41.9 Å². The highest BCUT2D eigenvalue weighted by Crippen LogP contribution is 2.38. The van der Waals surface area contributed by atoms with Gasteiger partial charge in [0.25, 0.3) is 0 Å². The van der Waals surface area contributed by atoms with E-state index in [2.05, 4.69) is 15.4 Å². The molecule has 3 rings (SSSR count). The fraction of sp³-hybridized carbons (Fsp3) is 0.389. The largest absolute Gasteiger partial charge is 0.490 e. The van der Waals surface area contributed by atoms with E-state index in [-0.39, 0.29) is 0 Å². The summed E-state index contributed by atoms with van der Waals surface area (Å²) < 4.78 is 18.0. The van der Waals surface area contributed by atoms with Gasteiger partial charge in [-0.25, -0.2) is 9.48 Å². The number of rotatable bonds is 6. The summed E-state index contributed by atoms with van der Waals surface area (Å²) in [4.78, 5) is 16.6. The van der Waals surface area contributed by atoms with Crippen LogP contribution in [-0.2, 0) is 9.53 Å². The number of benzene rings is 1. The number of esters is 1. The zero-order valence-electron chi connectivity index (χ0n) is 15.3. The molecule has 1 atom stereocenters. The molecule has 1 aromatic carbocycles. The van der Waals surface area contributed by atoms with Gasteiger partial charge in [-0.05, 0) is 38.5 Å². The van der Waals surface area contributed by atoms with Crippen molar-refractivity contribution in [1.29, 1.82) is 0 Å². The average Bonchev–Trinajstić information content (AvgIpc) is 3.09. The molecule has 138 valence electrons. The van der Waals surface area contributed by atoms with Gasteiger partial charge in [-0.1, -0.05) is 6.07 Å². The maximum Gasteiger partial charge on any atom is 0.338 e. The molecule has 0 saturated carbocycles. The van der Waals surface area contributed by atoms with Gasteiger partial charge in [-0.15, -0.1) is 0 Å². The predicted octanol–water partition coefficient (Wildman–Crippen LogP) is 2.54. The van der Waals surface area contributed by atoms with E-state index >= 15 is 0 Å². The van der Waals surface area contributed by atoms with Crippen molar-refractivity contribution in [2.75, 3.05) is 25.6 Å². The lowest BCUT2D eigenvalue weighted by Gasteiger charge is -2.28. The summed E-state index contributed by atoms with van der Waals surface area (Å²) in [6.07, 6.45) is 1.45. The Bertz CT molecular complexity index is 843. The number of ether oxygens (including phenoxy) is 3. The number of hydrogen-bond acceptors (Lipinski definition) is 7. The summed E-state index contributed by atoms with van der Waals surface area (Å²) in [6.45, 7) is 6.68. The summed E-state index contributed by atoms with van der Waals surface area (Å²) in [7, 11) is 1.36. The molecule has 1 aromatic heterocycles. The highest BCUT2D eigenvalue weighted by Gasteiger charge is 2.34. The third kappa shape index (κ3) is 3.10. The van der Waals surface area contributed by atoms with E-state index in [1.807, 2.05) is 39.0 Å². The van der Waals surface area contributed by atoms with E-state index in [4.69, 9.17) is 14.2 Å². The first-order valence-corrected chi connectivity index (χ1v) is 8.45. The van der Waals surface area contributed by atoms with Gasteiger partial charge in [0.2, 0.25) is 5.95 Å². The van der Waals surface area contributed by atoms with Crippen molar-refractivity contribution >= 4 is 11.9 Å². The Hall–Kier alpha value is -3.03. The topological polar surface area (TPSA) is 87.5 Å². The van der Waals surface area contributed by atoms with Crippen LogP contribution in [0.1, 0.15) is 32.4 Å². The third-order valence-corrected chi connectivity index (χ3v) is 4.08. The fourth-order valence-corrected chi connectivity index (χ4v) is 3.01. The van der Waals surface area contributed by atoms with E-state index in [1.54, 1.807) is 4.68 Å². The van der Waals surface area contributed by atoms with Gasteiger partial charge >= 0.3 is 5.97 Å². The molecular weight excluding hydrogens is 336 g/mol. The van der Waals surface area contributed by atoms with Gasteiger partial charge < -0.3 is 19.5 Å². The molecule has 0 amide bonds. The van der Waals surface area contributed by atoms with Crippen molar-refractivity contribution in [3.8, 4) is 11.5 Å². The van der Waals surface area contributed by atoms with Crippen LogP contribution in [0.5, 0.6) is 11.5 Å². The van der Waals surface area contributed by atoms with E-state index in [0.717, 1.165) is 5.56 Å². The predicted molar refractivity (Wildman–Crippen MR) is 95.3 cm³/mol. The fourth-order valence-electron chi connectivity index (χ4n) is 3.01. The van der Waals surface area contributed by atoms with Crippen molar-refractivity contribution in [3.05, 3.63) is 41.4 Å². The number of anilines is 1. The number of nitrogens with one attached hydrogen (secondary N) is 1. The average molecular weight is 358 g/mol. The molecule has 1 N–H and O–H groups in total. The molecule has 1 aliphatic rings. The minimum absolute atomic E-state index is 0.423. The first-order chi connectivity index (χ1) is 12.6. The molecule has 26 heavy (non-hydrogen) atoms. The Balaban J connectivity index is 2.13. The second-order valence-corrected chi connectivity index (χ2v) is 5.66. The summed E-state index contributed by atoms with van der Waals surface area (Å²) >= 11 is 0. The minimum Gasteiger partial charge on any atom is -0.490 e. The van der Waals surface area contributed by atoms with Gasteiger partial charge in [-0.2, -0.15) is 10.1 Å². The van der Waals surface area contributed by atoms with Gasteiger partial charge in [0, 0.05) is 5.70 Å². The molecule has 2 aromatic rings. The van der Waals surface area contributed by atoms with Crippen LogP contribution in [0.15, 0.2) is 35.8 Å². The van der Waals surface area contributed by atoms with Crippen LogP contribution in [0.4, 0.5) is 5.95 Å². The third-order valence-electron chi connectivity index (χ3n) is 4.08. The van der Waals surface area contributed by atoms with Crippen molar-refractivity contribution in [3.63, 3.8) is 0 Å². The molecule has 8 heteroatoms. The van der Waals surface area contributed by atoms with Crippen LogP contribution >= 0.6 is 0 Å². The molecule has 0 spiro atoms. The number of carbonyl (C=O) groups is 1. The van der Waals surface area contributed by atoms with E-state index in [1.165, 1.54) is 13.4 Å². The Morgan fingerprint density at radius 2 is 1.96 bits per heavy atom. The van der Waals surface area contributed by atoms with Crippen LogP contribution in [0.2, 0.25) is 0 Å². The monoisotopic (exact) mass is 358 g/mol. The SMILES string of the molecule is CCOc1ccc(C2C(C(=O)OC)=C(C)Nc3ncnn32)cc1OCC. The molecule has 2 heterocycles. The first kappa shape index (κ1) is 17.8. The van der Waals surface area contributed by atoms with Crippen LogP contribution in [0.25, 0.3) is 0 Å². The van der Waals surface area contributed by atoms with E-state index < -0.39 is 12.0 Å². The number of nitrogens with zero attached hydrogens (tertiary/aromatic N) is 3. The number of fused-ring (bicyclic) bond motifs is 1. The smallest absolute Gasteiger partial charge is 0.338 e. The van der Waals surface area contributed by atoms with Crippen LogP contribution in [-0.4, -0.2) is 41.1 Å². The normalized spacial score (nSPS) is 15.9. The summed E-state index contributed by atoms with van der Waals surface area (Å²) in [6, 6.07) is 5.13. The molecule has 0 bridgehead atoms. The van der Waals surface area contributed by atoms with Crippen LogP contribution in [0, 0.1) is 0 Å². The van der Waals surface area contributed by atoms with Gasteiger partial charge in [0.1, 0.15) is 12.4 Å². The molecule has 1 aliphatic heterocycles. The van der Waals surface area contributed by atoms with Crippen molar-refractivity contribution in [1.82, 2.24) is 14.8 Å². The van der Waals surface area contributed by atoms with Gasteiger partial charge in [0.15, 0.2) is 11.5 Å². The maximum absolute atomic E-state index is 12.4. The quantitative estimate of drug-likeness (QED) is 0.794. The molecule has 1 unspecified atom stereocenters. The Morgan fingerprint density at radius 1 is 1.23 bits per heavy atom. The number of carbonyl (C=O) groups excluding carboxylic acids is 1.